The van der Waals surface area contributed by atoms with Crippen LogP contribution in [0.4, 0.5) is 0 Å². The van der Waals surface area contributed by atoms with Gasteiger partial charge in [-0.15, -0.1) is 0 Å². The molecule has 11 heavy (non-hydrogen) atoms. The monoisotopic (exact) mass is 154 g/mol. The van der Waals surface area contributed by atoms with Crippen LogP contribution < -0.4 is 0 Å². The molecule has 0 amide bonds. The van der Waals surface area contributed by atoms with Gasteiger partial charge in [0.2, 0.25) is 0 Å². The van der Waals surface area contributed by atoms with Gasteiger partial charge in [-0.2, -0.15) is 0 Å². The van der Waals surface area contributed by atoms with Gasteiger partial charge in [-0.1, -0.05) is 31.7 Å². The van der Waals surface area contributed by atoms with E-state index in [0.29, 0.717) is 6.42 Å². The van der Waals surface area contributed by atoms with Gasteiger partial charge in [-0.3, -0.25) is 4.79 Å². The smallest absolute Gasteiger partial charge is 0.303 e. The first kappa shape index (κ1) is 9.95. The second kappa shape index (κ2) is 4.72. The summed E-state index contributed by atoms with van der Waals surface area (Å²) in [7, 11) is 0. The topological polar surface area (TPSA) is 37.3 Å². The maximum absolute atomic E-state index is 10.2. The Morgan fingerprint density at radius 1 is 1.73 bits per heavy atom. The Hall–Kier alpha value is -1.05. The van der Waals surface area contributed by atoms with Gasteiger partial charge in [0.1, 0.15) is 0 Å². The molecule has 2 nitrogen and oxygen atoms in total. The molecule has 0 aromatic carbocycles. The fourth-order valence-electron chi connectivity index (χ4n) is 0.727. The minimum absolute atomic E-state index is 0.202. The average molecular weight is 154 g/mol. The van der Waals surface area contributed by atoms with Crippen LogP contribution >= 0.6 is 0 Å². The predicted octanol–water partition coefficient (Wildman–Crippen LogP) is 2.23. The van der Waals surface area contributed by atoms with E-state index in [1.807, 2.05) is 6.92 Å². The van der Waals surface area contributed by atoms with Crippen molar-refractivity contribution in [2.24, 2.45) is 5.92 Å². The first-order valence-electron chi connectivity index (χ1n) is 3.61. The Bertz CT molecular complexity index is 170. The summed E-state index contributed by atoms with van der Waals surface area (Å²) in [5.41, 5.74) is 0.909. The summed E-state index contributed by atoms with van der Waals surface area (Å²) in [6, 6.07) is 0. The molecule has 0 aliphatic heterocycles. The lowest BCUT2D eigenvalue weighted by molar-refractivity contribution is -0.137. The van der Waals surface area contributed by atoms with Crippen LogP contribution in [0.2, 0.25) is 0 Å². The van der Waals surface area contributed by atoms with Crippen LogP contribution in [-0.4, -0.2) is 11.1 Å². The van der Waals surface area contributed by atoms with Crippen molar-refractivity contribution < 1.29 is 9.90 Å². The third-order valence-electron chi connectivity index (χ3n) is 1.69. The molecule has 1 unspecified atom stereocenters. The molecule has 0 aliphatic carbocycles. The van der Waals surface area contributed by atoms with Crippen molar-refractivity contribution in [2.45, 2.75) is 19.8 Å². The lowest BCUT2D eigenvalue weighted by Gasteiger charge is -2.08. The van der Waals surface area contributed by atoms with E-state index in [-0.39, 0.29) is 12.3 Å². The standard InChI is InChI=1S/C9H14O2/c1-4-7(2)8(3)5-6-9(10)11/h4,8H,1-2,5-6H2,3H3,(H,10,11). The van der Waals surface area contributed by atoms with Gasteiger partial charge in [-0.25, -0.2) is 0 Å². The van der Waals surface area contributed by atoms with Crippen LogP contribution in [0.3, 0.4) is 0 Å². The van der Waals surface area contributed by atoms with Crippen molar-refractivity contribution >= 4 is 5.97 Å². The fraction of sp³-hybridized carbons (Fsp3) is 0.444. The molecule has 0 spiro atoms. The maximum Gasteiger partial charge on any atom is 0.303 e. The Morgan fingerprint density at radius 3 is 2.64 bits per heavy atom. The summed E-state index contributed by atoms with van der Waals surface area (Å²) in [4.78, 5) is 10.2. The molecule has 62 valence electrons. The van der Waals surface area contributed by atoms with Crippen molar-refractivity contribution in [1.29, 1.82) is 0 Å². The number of allylic oxidation sites excluding steroid dienone is 2. The first-order chi connectivity index (χ1) is 5.07. The summed E-state index contributed by atoms with van der Waals surface area (Å²) >= 11 is 0. The third-order valence-corrected chi connectivity index (χ3v) is 1.69. The number of rotatable bonds is 5. The zero-order valence-corrected chi connectivity index (χ0v) is 6.84. The normalized spacial score (nSPS) is 12.1. The molecule has 0 bridgehead atoms. The van der Waals surface area contributed by atoms with Crippen LogP contribution in [0, 0.1) is 5.92 Å². The van der Waals surface area contributed by atoms with Gasteiger partial charge in [0.15, 0.2) is 0 Å². The van der Waals surface area contributed by atoms with Crippen molar-refractivity contribution in [1.82, 2.24) is 0 Å². The Labute approximate surface area is 67.2 Å². The summed E-state index contributed by atoms with van der Waals surface area (Å²) in [6.45, 7) is 9.25. The van der Waals surface area contributed by atoms with E-state index in [9.17, 15) is 4.79 Å². The van der Waals surface area contributed by atoms with Crippen LogP contribution in [0.25, 0.3) is 0 Å². The molecule has 0 heterocycles. The number of carbonyl (C=O) groups is 1. The number of carboxylic acids is 1. The second-order valence-electron chi connectivity index (χ2n) is 2.61. The molecule has 1 atom stereocenters. The van der Waals surface area contributed by atoms with E-state index in [2.05, 4.69) is 13.2 Å². The Morgan fingerprint density at radius 2 is 2.27 bits per heavy atom. The molecule has 0 fully saturated rings. The second-order valence-corrected chi connectivity index (χ2v) is 2.61. The fourth-order valence-corrected chi connectivity index (χ4v) is 0.727. The summed E-state index contributed by atoms with van der Waals surface area (Å²) < 4.78 is 0. The van der Waals surface area contributed by atoms with Gasteiger partial charge < -0.3 is 5.11 Å². The zero-order valence-electron chi connectivity index (χ0n) is 6.84. The van der Waals surface area contributed by atoms with Crippen LogP contribution in [-0.2, 0) is 4.79 Å². The first-order valence-corrected chi connectivity index (χ1v) is 3.61. The van der Waals surface area contributed by atoms with E-state index in [4.69, 9.17) is 5.11 Å². The SMILES string of the molecule is C=CC(=C)C(C)CCC(=O)O. The van der Waals surface area contributed by atoms with E-state index < -0.39 is 5.97 Å². The molecular weight excluding hydrogens is 140 g/mol. The van der Waals surface area contributed by atoms with Crippen molar-refractivity contribution in [3.05, 3.63) is 24.8 Å². The highest BCUT2D eigenvalue weighted by Crippen LogP contribution is 2.14. The van der Waals surface area contributed by atoms with Crippen LogP contribution in [0.1, 0.15) is 19.8 Å². The van der Waals surface area contributed by atoms with E-state index >= 15 is 0 Å². The van der Waals surface area contributed by atoms with Crippen molar-refractivity contribution in [3.63, 3.8) is 0 Å². The number of carboxylic acid groups (broad SMARTS) is 1. The maximum atomic E-state index is 10.2. The average Bonchev–Trinajstić information content (AvgIpc) is 1.98. The summed E-state index contributed by atoms with van der Waals surface area (Å²) in [5, 5.41) is 8.36. The van der Waals surface area contributed by atoms with E-state index in [0.717, 1.165) is 5.57 Å². The lowest BCUT2D eigenvalue weighted by atomic mass is 9.98. The highest BCUT2D eigenvalue weighted by Gasteiger charge is 2.05. The molecule has 0 aromatic heterocycles. The molecular formula is C9H14O2. The lowest BCUT2D eigenvalue weighted by Crippen LogP contribution is -2.01. The minimum Gasteiger partial charge on any atom is -0.481 e. The molecule has 0 radical (unpaired) electrons. The number of hydrogen-bond acceptors (Lipinski definition) is 1. The third kappa shape index (κ3) is 4.37. The molecule has 0 saturated carbocycles. The molecule has 0 aliphatic rings. The molecule has 1 N–H and O–H groups in total. The van der Waals surface area contributed by atoms with Crippen LogP contribution in [0.15, 0.2) is 24.8 Å². The van der Waals surface area contributed by atoms with Crippen LogP contribution in [0.5, 0.6) is 0 Å². The number of hydrogen-bond donors (Lipinski definition) is 1. The van der Waals surface area contributed by atoms with Gasteiger partial charge >= 0.3 is 5.97 Å². The summed E-state index contributed by atoms with van der Waals surface area (Å²) in [5.74, 6) is -0.530. The van der Waals surface area contributed by atoms with Gasteiger partial charge in [0.25, 0.3) is 0 Å². The quantitative estimate of drug-likeness (QED) is 0.616. The minimum atomic E-state index is -0.756. The number of aliphatic carboxylic acids is 1. The van der Waals surface area contributed by atoms with Crippen molar-refractivity contribution in [3.8, 4) is 0 Å². The highest BCUT2D eigenvalue weighted by molar-refractivity contribution is 5.66. The Kier molecular flexibility index (Phi) is 4.27. The largest absolute Gasteiger partial charge is 0.481 e. The Balaban J connectivity index is 3.68. The summed E-state index contributed by atoms with van der Waals surface area (Å²) in [6.07, 6.45) is 2.51. The zero-order chi connectivity index (χ0) is 8.85. The van der Waals surface area contributed by atoms with E-state index in [1.54, 1.807) is 6.08 Å². The van der Waals surface area contributed by atoms with E-state index in [1.165, 1.54) is 0 Å². The van der Waals surface area contributed by atoms with Gasteiger partial charge in [0.05, 0.1) is 0 Å². The molecule has 0 aromatic rings. The predicted molar refractivity (Wildman–Crippen MR) is 45.4 cm³/mol. The van der Waals surface area contributed by atoms with Gasteiger partial charge in [0, 0.05) is 6.42 Å². The van der Waals surface area contributed by atoms with Crippen molar-refractivity contribution in [2.75, 3.05) is 0 Å². The molecule has 0 saturated heterocycles. The molecule has 0 rings (SSSR count). The van der Waals surface area contributed by atoms with Gasteiger partial charge in [-0.05, 0) is 12.3 Å². The molecule has 2 heteroatoms. The highest BCUT2D eigenvalue weighted by atomic mass is 16.4.